The fourth-order valence-corrected chi connectivity index (χ4v) is 2.58. The summed E-state index contributed by atoms with van der Waals surface area (Å²) in [5.74, 6) is -7.14. The molecule has 15 heteroatoms. The Morgan fingerprint density at radius 3 is 1.93 bits per heavy atom. The second kappa shape index (κ2) is 8.92. The van der Waals surface area contributed by atoms with Crippen molar-refractivity contribution in [2.24, 2.45) is 0 Å². The van der Waals surface area contributed by atoms with Gasteiger partial charge in [-0.05, 0) is 13.0 Å². The molecule has 0 spiro atoms. The molecular weight excluding hydrogens is 444 g/mol. The van der Waals surface area contributed by atoms with E-state index in [9.17, 15) is 47.7 Å². The second-order valence-corrected chi connectivity index (χ2v) is 8.39. The summed E-state index contributed by atoms with van der Waals surface area (Å²) in [6.45, 7) is 5.50. The van der Waals surface area contributed by atoms with E-state index in [1.807, 2.05) is 0 Å². The molecule has 0 aromatic carbocycles. The number of unbranched alkanes of at least 4 members (excludes halogenated alkanes) is 1. The lowest BCUT2D eigenvalue weighted by Gasteiger charge is -2.31. The molecule has 0 fully saturated rings. The molecule has 164 valence electrons. The first kappa shape index (κ1) is 26.6. The molecule has 1 aromatic heterocycles. The Hall–Kier alpha value is -1.45. The van der Waals surface area contributed by atoms with Crippen LogP contribution in [-0.4, -0.2) is 42.4 Å². The largest absolute Gasteiger partial charge is 0.743 e. The Morgan fingerprint density at radius 2 is 1.57 bits per heavy atom. The molecule has 0 aliphatic heterocycles. The first-order valence-corrected chi connectivity index (χ1v) is 10.2. The Bertz CT molecular complexity index is 827. The van der Waals surface area contributed by atoms with Crippen LogP contribution in [0.1, 0.15) is 25.3 Å². The monoisotopic (exact) mass is 461 g/mol. The average Bonchev–Trinajstić information content (AvgIpc) is 2.51. The third-order valence-corrected chi connectivity index (χ3v) is 4.93. The van der Waals surface area contributed by atoms with Crippen LogP contribution in [0.15, 0.2) is 24.5 Å². The first-order chi connectivity index (χ1) is 12.3. The number of hydrogen-bond acceptors (Lipinski definition) is 5. The molecule has 1 heterocycles. The van der Waals surface area contributed by atoms with Gasteiger partial charge in [0.05, 0.1) is 0 Å². The molecule has 28 heavy (non-hydrogen) atoms. The first-order valence-electron chi connectivity index (χ1n) is 7.34. The lowest BCUT2D eigenvalue weighted by molar-refractivity contribution is -0.697. The highest BCUT2D eigenvalue weighted by Gasteiger charge is 2.80. The molecule has 0 bridgehead atoms. The van der Waals surface area contributed by atoms with Crippen molar-refractivity contribution in [2.45, 2.75) is 49.7 Å². The van der Waals surface area contributed by atoms with E-state index in [2.05, 4.69) is 42.9 Å². The number of nitrogens with zero attached hydrogens (tertiary/aromatic N) is 1. The third-order valence-electron chi connectivity index (χ3n) is 3.14. The van der Waals surface area contributed by atoms with Crippen molar-refractivity contribution < 1.29 is 56.9 Å². The van der Waals surface area contributed by atoms with Gasteiger partial charge in [0.25, 0.3) is 0 Å². The molecule has 1 aromatic rings. The number of pyridine rings is 1. The summed E-state index contributed by atoms with van der Waals surface area (Å²) in [6, 6.07) is 4.23. The summed E-state index contributed by atoms with van der Waals surface area (Å²) in [6.07, 6.45) is 6.85. The summed E-state index contributed by atoms with van der Waals surface area (Å²) in [7, 11) is -14.4. The SMILES string of the molecule is CCCC[n+]1cccc(C)c1.O=S(=O)([O-])C(F)(F)C(F)(F)C(F)(F)S(=O)(=O)O. The van der Waals surface area contributed by atoms with E-state index >= 15 is 0 Å². The lowest BCUT2D eigenvalue weighted by atomic mass is 10.3. The van der Waals surface area contributed by atoms with E-state index in [0.29, 0.717) is 0 Å². The molecule has 0 aliphatic carbocycles. The van der Waals surface area contributed by atoms with Gasteiger partial charge in [-0.2, -0.15) is 34.8 Å². The van der Waals surface area contributed by atoms with Crippen molar-refractivity contribution in [3.05, 3.63) is 30.1 Å². The van der Waals surface area contributed by atoms with Gasteiger partial charge in [-0.25, -0.2) is 13.0 Å². The molecule has 1 rings (SSSR count). The van der Waals surface area contributed by atoms with Crippen LogP contribution in [0.4, 0.5) is 26.3 Å². The quantitative estimate of drug-likeness (QED) is 0.379. The van der Waals surface area contributed by atoms with Crippen molar-refractivity contribution in [1.82, 2.24) is 0 Å². The van der Waals surface area contributed by atoms with Gasteiger partial charge < -0.3 is 4.55 Å². The van der Waals surface area contributed by atoms with E-state index in [4.69, 9.17) is 4.55 Å². The summed E-state index contributed by atoms with van der Waals surface area (Å²) < 4.78 is 132. The summed E-state index contributed by atoms with van der Waals surface area (Å²) in [4.78, 5) is 0. The van der Waals surface area contributed by atoms with Gasteiger partial charge in [0.1, 0.15) is 6.54 Å². The zero-order valence-corrected chi connectivity index (χ0v) is 16.1. The average molecular weight is 461 g/mol. The van der Waals surface area contributed by atoms with Crippen molar-refractivity contribution in [3.63, 3.8) is 0 Å². The van der Waals surface area contributed by atoms with Gasteiger partial charge in [-0.1, -0.05) is 13.3 Å². The van der Waals surface area contributed by atoms with E-state index in [0.717, 1.165) is 6.54 Å². The summed E-state index contributed by atoms with van der Waals surface area (Å²) >= 11 is 0. The fraction of sp³-hybridized carbons (Fsp3) is 0.615. The van der Waals surface area contributed by atoms with E-state index < -0.39 is 36.7 Å². The highest BCUT2D eigenvalue weighted by Crippen LogP contribution is 2.50. The molecule has 0 unspecified atom stereocenters. The highest BCUT2D eigenvalue weighted by atomic mass is 32.2. The second-order valence-electron chi connectivity index (χ2n) is 5.51. The van der Waals surface area contributed by atoms with Gasteiger partial charge in [-0.3, -0.25) is 4.55 Å². The standard InChI is InChI=1S/C10H16N.C3H2F6O6S2/c1-3-4-7-11-8-5-6-10(2)9-11;4-1(5,2(6,7)16(10,11)12)3(8,9)17(13,14)15/h5-6,8-9H,3-4,7H2,1-2H3;(H,10,11,12)(H,13,14,15)/q+1;/p-1. The minimum Gasteiger partial charge on any atom is -0.743 e. The lowest BCUT2D eigenvalue weighted by Crippen LogP contribution is -2.60. The van der Waals surface area contributed by atoms with Crippen molar-refractivity contribution in [2.75, 3.05) is 0 Å². The number of alkyl halides is 6. The molecular formula is C13H17F6NO6S2. The predicted octanol–water partition coefficient (Wildman–Crippen LogP) is 2.32. The molecule has 0 saturated heterocycles. The Labute approximate surface area is 157 Å². The zero-order valence-electron chi connectivity index (χ0n) is 14.5. The summed E-state index contributed by atoms with van der Waals surface area (Å²) in [5, 5.41) is -13.8. The van der Waals surface area contributed by atoms with Gasteiger partial charge >= 0.3 is 26.5 Å². The maximum atomic E-state index is 12.4. The van der Waals surface area contributed by atoms with Crippen LogP contribution >= 0.6 is 0 Å². The van der Waals surface area contributed by atoms with Gasteiger partial charge in [-0.15, -0.1) is 0 Å². The maximum absolute atomic E-state index is 12.4. The van der Waals surface area contributed by atoms with Crippen molar-refractivity contribution >= 4 is 20.2 Å². The maximum Gasteiger partial charge on any atom is 0.439 e. The van der Waals surface area contributed by atoms with E-state index in [-0.39, 0.29) is 0 Å². The minimum atomic E-state index is -7.29. The van der Waals surface area contributed by atoms with Crippen LogP contribution in [-0.2, 0) is 26.8 Å². The Balaban J connectivity index is 0.000000567. The predicted molar refractivity (Wildman–Crippen MR) is 82.4 cm³/mol. The smallest absolute Gasteiger partial charge is 0.439 e. The number of halogens is 6. The molecule has 1 N–H and O–H groups in total. The van der Waals surface area contributed by atoms with Gasteiger partial charge in [0, 0.05) is 18.1 Å². The van der Waals surface area contributed by atoms with E-state index in [1.54, 1.807) is 0 Å². The zero-order chi connectivity index (χ0) is 22.6. The number of aromatic nitrogens is 1. The van der Waals surface area contributed by atoms with Crippen LogP contribution in [0, 0.1) is 6.92 Å². The van der Waals surface area contributed by atoms with Crippen LogP contribution in [0.3, 0.4) is 0 Å². The molecule has 0 aliphatic rings. The van der Waals surface area contributed by atoms with Crippen LogP contribution in [0.5, 0.6) is 0 Å². The number of hydrogen-bond donors (Lipinski definition) is 1. The number of aryl methyl sites for hydroxylation is 2. The molecule has 7 nitrogen and oxygen atoms in total. The Kier molecular flexibility index (Phi) is 8.46. The fourth-order valence-electron chi connectivity index (χ4n) is 1.62. The number of rotatable bonds is 7. The molecule has 0 radical (unpaired) electrons. The topological polar surface area (TPSA) is 115 Å². The van der Waals surface area contributed by atoms with Gasteiger partial charge in [0.15, 0.2) is 22.5 Å². The van der Waals surface area contributed by atoms with Crippen LogP contribution in [0.25, 0.3) is 0 Å². The molecule has 0 saturated carbocycles. The van der Waals surface area contributed by atoms with Crippen molar-refractivity contribution in [1.29, 1.82) is 0 Å². The minimum absolute atomic E-state index is 1.15. The van der Waals surface area contributed by atoms with Crippen LogP contribution in [0.2, 0.25) is 0 Å². The third kappa shape index (κ3) is 5.78. The van der Waals surface area contributed by atoms with Gasteiger partial charge in [0.2, 0.25) is 0 Å². The Morgan fingerprint density at radius 1 is 1.07 bits per heavy atom. The molecule has 0 amide bonds. The summed E-state index contributed by atoms with van der Waals surface area (Å²) in [5.41, 5.74) is 1.34. The normalized spacial score (nSPS) is 13.6. The molecule has 0 atom stereocenters. The highest BCUT2D eigenvalue weighted by molar-refractivity contribution is 7.88. The van der Waals surface area contributed by atoms with Crippen LogP contribution < -0.4 is 4.57 Å². The van der Waals surface area contributed by atoms with E-state index in [1.165, 1.54) is 18.4 Å². The van der Waals surface area contributed by atoms with Crippen molar-refractivity contribution in [3.8, 4) is 0 Å².